The zero-order valence-electron chi connectivity index (χ0n) is 11.9. The largest absolute Gasteiger partial charge is 0.324 e. The molecule has 0 aliphatic rings. The zero-order valence-corrected chi connectivity index (χ0v) is 13.5. The molecule has 4 heteroatoms. The molecular weight excluding hydrogens is 316 g/mol. The van der Waals surface area contributed by atoms with Crippen molar-refractivity contribution in [3.8, 4) is 0 Å². The fourth-order valence-electron chi connectivity index (χ4n) is 1.98. The van der Waals surface area contributed by atoms with Crippen molar-refractivity contribution >= 4 is 38.3 Å². The fourth-order valence-corrected chi connectivity index (χ4v) is 2.45. The van der Waals surface area contributed by atoms with Gasteiger partial charge in [0.05, 0.1) is 6.04 Å². The summed E-state index contributed by atoms with van der Waals surface area (Å²) in [6, 6.07) is 11.2. The summed E-state index contributed by atoms with van der Waals surface area (Å²) in [5.74, 6) is -0.162. The van der Waals surface area contributed by atoms with Crippen LogP contribution in [-0.2, 0) is 4.79 Å². The summed E-state index contributed by atoms with van der Waals surface area (Å²) in [7, 11) is 0. The highest BCUT2D eigenvalue weighted by molar-refractivity contribution is 9.10. The van der Waals surface area contributed by atoms with Crippen molar-refractivity contribution in [1.29, 1.82) is 0 Å². The quantitative estimate of drug-likeness (QED) is 0.874. The SMILES string of the molecule is CC(C)(C)[C@@H](N)C(=O)Nc1ccc(Br)c2ccccc12. The van der Waals surface area contributed by atoms with E-state index < -0.39 is 6.04 Å². The Kier molecular flexibility index (Phi) is 4.16. The number of anilines is 1. The van der Waals surface area contributed by atoms with Gasteiger partial charge in [-0.1, -0.05) is 61.0 Å². The minimum atomic E-state index is -0.551. The van der Waals surface area contributed by atoms with E-state index in [1.807, 2.05) is 57.2 Å². The number of carbonyl (C=O) groups is 1. The van der Waals surface area contributed by atoms with Crippen molar-refractivity contribution in [3.63, 3.8) is 0 Å². The van der Waals surface area contributed by atoms with Crippen molar-refractivity contribution in [2.45, 2.75) is 26.8 Å². The first-order chi connectivity index (χ1) is 9.30. The van der Waals surface area contributed by atoms with Crippen molar-refractivity contribution in [1.82, 2.24) is 0 Å². The maximum absolute atomic E-state index is 12.2. The third kappa shape index (κ3) is 3.02. The Bertz CT molecular complexity index is 646. The Morgan fingerprint density at radius 3 is 2.35 bits per heavy atom. The highest BCUT2D eigenvalue weighted by Crippen LogP contribution is 2.30. The number of hydrogen-bond donors (Lipinski definition) is 2. The molecule has 0 aliphatic carbocycles. The molecule has 2 aromatic carbocycles. The summed E-state index contributed by atoms with van der Waals surface area (Å²) in [5.41, 5.74) is 6.51. The topological polar surface area (TPSA) is 55.1 Å². The summed E-state index contributed by atoms with van der Waals surface area (Å²) in [5, 5.41) is 4.99. The lowest BCUT2D eigenvalue weighted by atomic mass is 9.87. The van der Waals surface area contributed by atoms with E-state index in [0.29, 0.717) is 0 Å². The molecule has 106 valence electrons. The molecule has 0 saturated heterocycles. The van der Waals surface area contributed by atoms with Crippen LogP contribution in [0.1, 0.15) is 20.8 Å². The average molecular weight is 335 g/mol. The standard InChI is InChI=1S/C16H19BrN2O/c1-16(2,3)14(18)15(20)19-13-9-8-12(17)10-6-4-5-7-11(10)13/h4-9,14H,18H2,1-3H3,(H,19,20)/t14-/m0/s1. The molecule has 0 aromatic heterocycles. The van der Waals surface area contributed by atoms with E-state index >= 15 is 0 Å². The molecular formula is C16H19BrN2O. The second kappa shape index (κ2) is 5.54. The Balaban J connectivity index is 2.36. The van der Waals surface area contributed by atoms with Gasteiger partial charge in [-0.3, -0.25) is 4.79 Å². The molecule has 1 atom stereocenters. The maximum atomic E-state index is 12.2. The third-order valence-electron chi connectivity index (χ3n) is 3.34. The lowest BCUT2D eigenvalue weighted by Crippen LogP contribution is -2.45. The van der Waals surface area contributed by atoms with Crippen LogP contribution in [0.2, 0.25) is 0 Å². The van der Waals surface area contributed by atoms with Crippen molar-refractivity contribution in [3.05, 3.63) is 40.9 Å². The highest BCUT2D eigenvalue weighted by Gasteiger charge is 2.27. The second-order valence-electron chi connectivity index (χ2n) is 5.97. The number of nitrogens with two attached hydrogens (primary N) is 1. The van der Waals surface area contributed by atoms with Crippen molar-refractivity contribution < 1.29 is 4.79 Å². The van der Waals surface area contributed by atoms with E-state index in [4.69, 9.17) is 5.73 Å². The lowest BCUT2D eigenvalue weighted by molar-refractivity contribution is -0.119. The molecule has 0 fully saturated rings. The minimum Gasteiger partial charge on any atom is -0.324 e. The van der Waals surface area contributed by atoms with Crippen molar-refractivity contribution in [2.24, 2.45) is 11.1 Å². The number of fused-ring (bicyclic) bond motifs is 1. The monoisotopic (exact) mass is 334 g/mol. The molecule has 0 aliphatic heterocycles. The van der Waals surface area contributed by atoms with Gasteiger partial charge in [-0.05, 0) is 22.9 Å². The number of carbonyl (C=O) groups excluding carboxylic acids is 1. The maximum Gasteiger partial charge on any atom is 0.241 e. The third-order valence-corrected chi connectivity index (χ3v) is 4.04. The summed E-state index contributed by atoms with van der Waals surface area (Å²) in [6.07, 6.45) is 0. The number of benzene rings is 2. The van der Waals surface area contributed by atoms with E-state index in [1.165, 1.54) is 0 Å². The van der Waals surface area contributed by atoms with Gasteiger partial charge in [0.1, 0.15) is 0 Å². The molecule has 20 heavy (non-hydrogen) atoms. The summed E-state index contributed by atoms with van der Waals surface area (Å²) < 4.78 is 1.01. The highest BCUT2D eigenvalue weighted by atomic mass is 79.9. The molecule has 2 aromatic rings. The first-order valence-corrected chi connectivity index (χ1v) is 7.33. The number of amides is 1. The predicted octanol–water partition coefficient (Wildman–Crippen LogP) is 3.91. The van der Waals surface area contributed by atoms with Crippen LogP contribution in [0.3, 0.4) is 0 Å². The van der Waals surface area contributed by atoms with E-state index in [1.54, 1.807) is 0 Å². The molecule has 3 nitrogen and oxygen atoms in total. The van der Waals surface area contributed by atoms with Crippen LogP contribution in [-0.4, -0.2) is 11.9 Å². The van der Waals surface area contributed by atoms with Gasteiger partial charge in [-0.15, -0.1) is 0 Å². The average Bonchev–Trinajstić information content (AvgIpc) is 2.40. The molecule has 0 spiro atoms. The minimum absolute atomic E-state index is 0.162. The Morgan fingerprint density at radius 1 is 1.15 bits per heavy atom. The van der Waals surface area contributed by atoms with Crippen LogP contribution < -0.4 is 11.1 Å². The molecule has 3 N–H and O–H groups in total. The van der Waals surface area contributed by atoms with E-state index in [-0.39, 0.29) is 11.3 Å². The van der Waals surface area contributed by atoms with Crippen LogP contribution in [0.25, 0.3) is 10.8 Å². The Morgan fingerprint density at radius 2 is 1.75 bits per heavy atom. The van der Waals surface area contributed by atoms with Gasteiger partial charge in [0.15, 0.2) is 0 Å². The van der Waals surface area contributed by atoms with Gasteiger partial charge in [-0.25, -0.2) is 0 Å². The number of halogens is 1. The van der Waals surface area contributed by atoms with Crippen molar-refractivity contribution in [2.75, 3.05) is 5.32 Å². The molecule has 0 heterocycles. The number of rotatable bonds is 2. The summed E-state index contributed by atoms with van der Waals surface area (Å²) in [6.45, 7) is 5.87. The predicted molar refractivity (Wildman–Crippen MR) is 87.7 cm³/mol. The number of nitrogens with one attached hydrogen (secondary N) is 1. The van der Waals surface area contributed by atoms with E-state index in [0.717, 1.165) is 20.9 Å². The zero-order chi connectivity index (χ0) is 14.9. The van der Waals surface area contributed by atoms with E-state index in [2.05, 4.69) is 21.2 Å². The molecule has 0 unspecified atom stereocenters. The molecule has 0 radical (unpaired) electrons. The normalized spacial score (nSPS) is 13.2. The lowest BCUT2D eigenvalue weighted by Gasteiger charge is -2.26. The summed E-state index contributed by atoms with van der Waals surface area (Å²) in [4.78, 5) is 12.2. The smallest absolute Gasteiger partial charge is 0.241 e. The van der Waals surface area contributed by atoms with Gasteiger partial charge >= 0.3 is 0 Å². The summed E-state index contributed by atoms with van der Waals surface area (Å²) >= 11 is 3.52. The molecule has 2 rings (SSSR count). The molecule has 1 amide bonds. The van der Waals surface area contributed by atoms with Crippen LogP contribution in [0.15, 0.2) is 40.9 Å². The van der Waals surface area contributed by atoms with Gasteiger partial charge in [0.2, 0.25) is 5.91 Å². The number of hydrogen-bond acceptors (Lipinski definition) is 2. The van der Waals surface area contributed by atoms with E-state index in [9.17, 15) is 4.79 Å². The fraction of sp³-hybridized carbons (Fsp3) is 0.312. The van der Waals surface area contributed by atoms with Gasteiger partial charge in [0.25, 0.3) is 0 Å². The van der Waals surface area contributed by atoms with Crippen LogP contribution in [0, 0.1) is 5.41 Å². The Hall–Kier alpha value is -1.39. The molecule has 0 saturated carbocycles. The first kappa shape index (κ1) is 15.0. The van der Waals surface area contributed by atoms with Gasteiger partial charge in [0, 0.05) is 15.5 Å². The Labute approximate surface area is 127 Å². The van der Waals surface area contributed by atoms with Gasteiger partial charge < -0.3 is 11.1 Å². The molecule has 0 bridgehead atoms. The van der Waals surface area contributed by atoms with Gasteiger partial charge in [-0.2, -0.15) is 0 Å². The van der Waals surface area contributed by atoms with Crippen LogP contribution in [0.4, 0.5) is 5.69 Å². The first-order valence-electron chi connectivity index (χ1n) is 6.54. The second-order valence-corrected chi connectivity index (χ2v) is 6.83. The van der Waals surface area contributed by atoms with Crippen LogP contribution >= 0.6 is 15.9 Å². The van der Waals surface area contributed by atoms with Crippen LogP contribution in [0.5, 0.6) is 0 Å².